The molecule has 0 aliphatic carbocycles. The van der Waals surface area contributed by atoms with Crippen LogP contribution in [0.25, 0.3) is 0 Å². The van der Waals surface area contributed by atoms with Gasteiger partial charge in [0.15, 0.2) is 0 Å². The lowest BCUT2D eigenvalue weighted by molar-refractivity contribution is 0.693. The van der Waals surface area contributed by atoms with E-state index in [1.807, 2.05) is 19.1 Å². The summed E-state index contributed by atoms with van der Waals surface area (Å²) >= 11 is 3.37. The monoisotopic (exact) mass is 216 g/mol. The van der Waals surface area contributed by atoms with Crippen LogP contribution in [0.2, 0.25) is 0 Å². The third kappa shape index (κ3) is 0.772. The first kappa shape index (κ1) is 6.55. The average molecular weight is 217 g/mol. The van der Waals surface area contributed by atoms with Gasteiger partial charge in [0, 0.05) is 4.47 Å². The minimum Gasteiger partial charge on any atom is -0.249 e. The first-order chi connectivity index (χ1) is 4.70. The summed E-state index contributed by atoms with van der Waals surface area (Å²) < 4.78 is 12.0. The zero-order valence-electron chi connectivity index (χ0n) is 5.35. The molecule has 3 heteroatoms. The van der Waals surface area contributed by atoms with Crippen LogP contribution in [0.4, 0.5) is 0 Å². The molecule has 0 radical (unpaired) electrons. The second-order valence-corrected chi connectivity index (χ2v) is 4.59. The van der Waals surface area contributed by atoms with Crippen LogP contribution in [0.5, 0.6) is 0 Å². The fourth-order valence-electron chi connectivity index (χ4n) is 0.902. The lowest BCUT2D eigenvalue weighted by atomic mass is 10.2. The minimum absolute atomic E-state index is 0.765. The maximum absolute atomic E-state index is 10.9. The predicted octanol–water partition coefficient (Wildman–Crippen LogP) is 2.24. The first-order valence-corrected chi connectivity index (χ1v) is 4.86. The van der Waals surface area contributed by atoms with Gasteiger partial charge < -0.3 is 0 Å². The molecule has 0 saturated carbocycles. The van der Waals surface area contributed by atoms with Gasteiger partial charge in [0.2, 0.25) is 0 Å². The zero-order chi connectivity index (χ0) is 7.30. The van der Waals surface area contributed by atoms with Gasteiger partial charge in [0.25, 0.3) is 0 Å². The fraction of sp³-hybridized carbons (Fsp3) is 0.143. The number of fused-ring (bicyclic) bond motifs is 1. The Kier molecular flexibility index (Phi) is 1.26. The molecule has 2 rings (SSSR count). The SMILES string of the molecule is Cc1cc2c(cc1Br)S2=O. The molecule has 1 atom stereocenters. The van der Waals surface area contributed by atoms with Gasteiger partial charge in [-0.3, -0.25) is 0 Å². The smallest absolute Gasteiger partial charge is 0.0875 e. The van der Waals surface area contributed by atoms with E-state index in [0.29, 0.717) is 0 Å². The maximum atomic E-state index is 10.9. The molecule has 0 saturated heterocycles. The molecule has 0 N–H and O–H groups in total. The van der Waals surface area contributed by atoms with Crippen molar-refractivity contribution in [1.29, 1.82) is 0 Å². The quantitative estimate of drug-likeness (QED) is 0.618. The summed E-state index contributed by atoms with van der Waals surface area (Å²) in [6.07, 6.45) is 0. The van der Waals surface area contributed by atoms with Gasteiger partial charge in [0.05, 0.1) is 20.6 Å². The number of benzene rings is 1. The molecule has 0 spiro atoms. The summed E-state index contributed by atoms with van der Waals surface area (Å²) in [4.78, 5) is 1.98. The Bertz CT molecular complexity index is 302. The third-order valence-corrected chi connectivity index (χ3v) is 3.71. The Morgan fingerprint density at radius 1 is 1.40 bits per heavy atom. The van der Waals surface area contributed by atoms with Gasteiger partial charge in [-0.2, -0.15) is 0 Å². The Balaban J connectivity index is 2.68. The highest BCUT2D eigenvalue weighted by atomic mass is 79.9. The summed E-state index contributed by atoms with van der Waals surface area (Å²) in [6.45, 7) is 2.00. The van der Waals surface area contributed by atoms with E-state index < -0.39 is 10.8 Å². The molecule has 1 nitrogen and oxygen atoms in total. The molecule has 0 amide bonds. The van der Waals surface area contributed by atoms with Gasteiger partial charge >= 0.3 is 0 Å². The van der Waals surface area contributed by atoms with Gasteiger partial charge in [-0.1, -0.05) is 15.9 Å². The van der Waals surface area contributed by atoms with Crippen molar-refractivity contribution in [3.8, 4) is 0 Å². The van der Waals surface area contributed by atoms with Crippen LogP contribution < -0.4 is 0 Å². The molecule has 1 aromatic rings. The van der Waals surface area contributed by atoms with Crippen molar-refractivity contribution < 1.29 is 4.21 Å². The van der Waals surface area contributed by atoms with Crippen LogP contribution >= 0.6 is 15.9 Å². The fourth-order valence-corrected chi connectivity index (χ4v) is 2.44. The van der Waals surface area contributed by atoms with Crippen molar-refractivity contribution >= 4 is 26.7 Å². The Labute approximate surface area is 70.0 Å². The van der Waals surface area contributed by atoms with Crippen molar-refractivity contribution in [3.05, 3.63) is 22.2 Å². The van der Waals surface area contributed by atoms with Crippen molar-refractivity contribution in [2.75, 3.05) is 0 Å². The Hall–Kier alpha value is -0.150. The van der Waals surface area contributed by atoms with E-state index in [1.54, 1.807) is 0 Å². The lowest BCUT2D eigenvalue weighted by Gasteiger charge is -1.89. The molecule has 1 aromatic carbocycles. The van der Waals surface area contributed by atoms with Crippen LogP contribution in [0.3, 0.4) is 0 Å². The summed E-state index contributed by atoms with van der Waals surface area (Å²) in [5.41, 5.74) is 1.16. The van der Waals surface area contributed by atoms with E-state index in [1.165, 1.54) is 0 Å². The highest BCUT2D eigenvalue weighted by Gasteiger charge is 2.28. The van der Waals surface area contributed by atoms with Crippen LogP contribution in [-0.4, -0.2) is 4.21 Å². The minimum atomic E-state index is -0.765. The Morgan fingerprint density at radius 2 is 2.00 bits per heavy atom. The van der Waals surface area contributed by atoms with Gasteiger partial charge in [-0.05, 0) is 24.6 Å². The maximum Gasteiger partial charge on any atom is 0.0875 e. The summed E-state index contributed by atoms with van der Waals surface area (Å²) in [6, 6.07) is 3.90. The molecule has 52 valence electrons. The number of halogens is 1. The van der Waals surface area contributed by atoms with E-state index in [4.69, 9.17) is 0 Å². The normalized spacial score (nSPS) is 20.4. The lowest BCUT2D eigenvalue weighted by Crippen LogP contribution is -1.69. The molecule has 1 heterocycles. The van der Waals surface area contributed by atoms with Crippen molar-refractivity contribution in [2.45, 2.75) is 16.7 Å². The van der Waals surface area contributed by atoms with Crippen LogP contribution in [0.15, 0.2) is 26.4 Å². The van der Waals surface area contributed by atoms with Gasteiger partial charge in [-0.25, -0.2) is 4.21 Å². The molecule has 0 bridgehead atoms. The summed E-state index contributed by atoms with van der Waals surface area (Å²) in [5, 5.41) is 0. The zero-order valence-corrected chi connectivity index (χ0v) is 7.75. The third-order valence-electron chi connectivity index (χ3n) is 1.58. The van der Waals surface area contributed by atoms with Crippen LogP contribution in [-0.2, 0) is 10.8 Å². The van der Waals surface area contributed by atoms with E-state index in [2.05, 4.69) is 15.9 Å². The predicted molar refractivity (Wildman–Crippen MR) is 43.6 cm³/mol. The molecule has 1 aliphatic heterocycles. The first-order valence-electron chi connectivity index (χ1n) is 2.92. The number of hydrogen-bond donors (Lipinski definition) is 0. The molecule has 1 unspecified atom stereocenters. The van der Waals surface area contributed by atoms with Crippen molar-refractivity contribution in [2.24, 2.45) is 0 Å². The summed E-state index contributed by atoms with van der Waals surface area (Å²) in [7, 11) is -0.765. The average Bonchev–Trinajstić information content (AvgIpc) is 2.46. The highest BCUT2D eigenvalue weighted by molar-refractivity contribution is 9.10. The van der Waals surface area contributed by atoms with Gasteiger partial charge in [-0.15, -0.1) is 0 Å². The number of aryl methyl sites for hydroxylation is 1. The second-order valence-electron chi connectivity index (χ2n) is 2.32. The summed E-state index contributed by atoms with van der Waals surface area (Å²) in [5.74, 6) is 0. The highest BCUT2D eigenvalue weighted by Crippen LogP contribution is 2.39. The topological polar surface area (TPSA) is 17.1 Å². The van der Waals surface area contributed by atoms with Gasteiger partial charge in [0.1, 0.15) is 0 Å². The number of hydrogen-bond acceptors (Lipinski definition) is 1. The van der Waals surface area contributed by atoms with E-state index in [0.717, 1.165) is 19.8 Å². The molecule has 10 heavy (non-hydrogen) atoms. The standard InChI is InChI=1S/C7H5BrOS/c1-4-2-6-7(10(6)9)3-5(4)8/h2-3H,1H3. The molecular weight excluding hydrogens is 212 g/mol. The van der Waals surface area contributed by atoms with Crippen molar-refractivity contribution in [3.63, 3.8) is 0 Å². The molecule has 1 aliphatic rings. The Morgan fingerprint density at radius 3 is 2.60 bits per heavy atom. The van der Waals surface area contributed by atoms with Crippen LogP contribution in [0.1, 0.15) is 5.56 Å². The number of rotatable bonds is 0. The largest absolute Gasteiger partial charge is 0.249 e. The van der Waals surface area contributed by atoms with Crippen molar-refractivity contribution in [1.82, 2.24) is 0 Å². The second kappa shape index (κ2) is 1.92. The molecule has 0 aromatic heterocycles. The van der Waals surface area contributed by atoms with E-state index >= 15 is 0 Å². The molecular formula is C7H5BrOS. The van der Waals surface area contributed by atoms with Crippen LogP contribution in [0, 0.1) is 6.92 Å². The van der Waals surface area contributed by atoms with E-state index in [-0.39, 0.29) is 0 Å². The molecule has 0 fully saturated rings. The van der Waals surface area contributed by atoms with E-state index in [9.17, 15) is 4.21 Å².